The van der Waals surface area contributed by atoms with Crippen LogP contribution in [0.5, 0.6) is 0 Å². The Bertz CT molecular complexity index is 941. The van der Waals surface area contributed by atoms with Crippen LogP contribution in [0, 0.1) is 18.3 Å². The smallest absolute Gasteiger partial charge is 0.142 e. The number of pyridine rings is 1. The van der Waals surface area contributed by atoms with Crippen molar-refractivity contribution in [1.82, 2.24) is 4.98 Å². The number of hydrogen-bond donors (Lipinski definition) is 1. The zero-order valence-electron chi connectivity index (χ0n) is 12.1. The lowest BCUT2D eigenvalue weighted by atomic mass is 10.0. The Hall–Kier alpha value is -2.06. The fourth-order valence-corrected chi connectivity index (χ4v) is 3.56. The van der Waals surface area contributed by atoms with Crippen molar-refractivity contribution < 1.29 is 0 Å². The van der Waals surface area contributed by atoms with Crippen LogP contribution in [0.25, 0.3) is 21.7 Å². The Labute approximate surface area is 147 Å². The molecule has 0 radical (unpaired) electrons. The number of thiophene rings is 1. The molecule has 23 heavy (non-hydrogen) atoms. The molecular formula is C17H11Cl2N3S. The van der Waals surface area contributed by atoms with Crippen molar-refractivity contribution in [2.24, 2.45) is 0 Å². The quantitative estimate of drug-likeness (QED) is 0.652. The van der Waals surface area contributed by atoms with Crippen LogP contribution in [0.3, 0.4) is 0 Å². The van der Waals surface area contributed by atoms with Gasteiger partial charge in [-0.15, -0.1) is 11.3 Å². The third-order valence-corrected chi connectivity index (χ3v) is 4.97. The van der Waals surface area contributed by atoms with Crippen molar-refractivity contribution >= 4 is 40.4 Å². The molecule has 0 aliphatic carbocycles. The highest BCUT2D eigenvalue weighted by Gasteiger charge is 2.16. The average Bonchev–Trinajstić information content (AvgIpc) is 2.95. The van der Waals surface area contributed by atoms with Crippen LogP contribution in [-0.2, 0) is 0 Å². The molecular weight excluding hydrogens is 349 g/mol. The van der Waals surface area contributed by atoms with Crippen molar-refractivity contribution in [2.75, 3.05) is 5.73 Å². The number of rotatable bonds is 2. The van der Waals surface area contributed by atoms with Gasteiger partial charge < -0.3 is 5.73 Å². The van der Waals surface area contributed by atoms with E-state index in [0.29, 0.717) is 26.9 Å². The summed E-state index contributed by atoms with van der Waals surface area (Å²) in [5.41, 5.74) is 8.40. The zero-order valence-corrected chi connectivity index (χ0v) is 14.4. The molecule has 0 atom stereocenters. The molecule has 2 N–H and O–H groups in total. The van der Waals surface area contributed by atoms with E-state index in [9.17, 15) is 5.26 Å². The van der Waals surface area contributed by atoms with E-state index in [2.05, 4.69) is 11.1 Å². The van der Waals surface area contributed by atoms with Gasteiger partial charge in [0.05, 0.1) is 10.7 Å². The standard InChI is InChI=1S/C17H11Cl2N3S/c1-9-2-5-16(23-9)11-7-15(22-17(21)13(11)8-20)12-6-10(18)3-4-14(12)19/h2-7H,1H3,(H2,21,22). The maximum atomic E-state index is 9.42. The fraction of sp³-hybridized carbons (Fsp3) is 0.0588. The topological polar surface area (TPSA) is 62.7 Å². The number of nitrogens with two attached hydrogens (primary N) is 1. The monoisotopic (exact) mass is 359 g/mol. The molecule has 3 nitrogen and oxygen atoms in total. The van der Waals surface area contributed by atoms with E-state index in [1.165, 1.54) is 0 Å². The summed E-state index contributed by atoms with van der Waals surface area (Å²) in [6.07, 6.45) is 0. The van der Waals surface area contributed by atoms with E-state index in [-0.39, 0.29) is 5.82 Å². The highest BCUT2D eigenvalue weighted by atomic mass is 35.5. The summed E-state index contributed by atoms with van der Waals surface area (Å²) in [5.74, 6) is 0.182. The summed E-state index contributed by atoms with van der Waals surface area (Å²) in [5, 5.41) is 10.5. The summed E-state index contributed by atoms with van der Waals surface area (Å²) in [7, 11) is 0. The maximum absolute atomic E-state index is 9.42. The summed E-state index contributed by atoms with van der Waals surface area (Å²) in [6.45, 7) is 2.01. The summed E-state index contributed by atoms with van der Waals surface area (Å²) >= 11 is 13.9. The van der Waals surface area contributed by atoms with Crippen molar-refractivity contribution in [2.45, 2.75) is 6.92 Å². The number of nitriles is 1. The molecule has 3 aromatic rings. The highest BCUT2D eigenvalue weighted by Crippen LogP contribution is 2.37. The first kappa shape index (κ1) is 15.8. The zero-order chi connectivity index (χ0) is 16.6. The SMILES string of the molecule is Cc1ccc(-c2cc(-c3cc(Cl)ccc3Cl)nc(N)c2C#N)s1. The number of benzene rings is 1. The summed E-state index contributed by atoms with van der Waals surface area (Å²) in [4.78, 5) is 6.45. The summed E-state index contributed by atoms with van der Waals surface area (Å²) in [6, 6.07) is 13.1. The number of aromatic nitrogens is 1. The molecule has 0 saturated heterocycles. The minimum absolute atomic E-state index is 0.182. The average molecular weight is 360 g/mol. The first-order valence-corrected chi connectivity index (χ1v) is 8.29. The predicted molar refractivity (Wildman–Crippen MR) is 96.9 cm³/mol. The number of anilines is 1. The Morgan fingerprint density at radius 1 is 1.13 bits per heavy atom. The van der Waals surface area contributed by atoms with Crippen molar-refractivity contribution in [3.8, 4) is 27.8 Å². The minimum Gasteiger partial charge on any atom is -0.383 e. The molecule has 2 aromatic heterocycles. The Balaban J connectivity index is 2.27. The molecule has 2 heterocycles. The van der Waals surface area contributed by atoms with Crippen LogP contribution in [0.2, 0.25) is 10.0 Å². The lowest BCUT2D eigenvalue weighted by Crippen LogP contribution is -1.99. The van der Waals surface area contributed by atoms with Gasteiger partial charge in [0, 0.05) is 25.9 Å². The molecule has 3 rings (SSSR count). The molecule has 1 aromatic carbocycles. The summed E-state index contributed by atoms with van der Waals surface area (Å²) < 4.78 is 0. The van der Waals surface area contributed by atoms with Gasteiger partial charge in [-0.05, 0) is 43.3 Å². The Morgan fingerprint density at radius 3 is 2.57 bits per heavy atom. The van der Waals surface area contributed by atoms with Gasteiger partial charge in [0.1, 0.15) is 17.5 Å². The minimum atomic E-state index is 0.182. The molecule has 0 spiro atoms. The predicted octanol–water partition coefficient (Wildman–Crippen LogP) is 5.55. The third-order valence-electron chi connectivity index (χ3n) is 3.37. The lowest BCUT2D eigenvalue weighted by molar-refractivity contribution is 1.31. The Morgan fingerprint density at radius 2 is 1.91 bits per heavy atom. The van der Waals surface area contributed by atoms with Crippen molar-refractivity contribution in [3.63, 3.8) is 0 Å². The van der Waals surface area contributed by atoms with Gasteiger partial charge in [-0.3, -0.25) is 0 Å². The van der Waals surface area contributed by atoms with E-state index in [4.69, 9.17) is 28.9 Å². The molecule has 0 aliphatic rings. The molecule has 0 amide bonds. The molecule has 0 saturated carbocycles. The van der Waals surface area contributed by atoms with Gasteiger partial charge in [-0.2, -0.15) is 5.26 Å². The van der Waals surface area contributed by atoms with Crippen LogP contribution >= 0.6 is 34.5 Å². The molecule has 0 bridgehead atoms. The second kappa shape index (κ2) is 6.21. The number of aryl methyl sites for hydroxylation is 1. The van der Waals surface area contributed by atoms with E-state index in [1.54, 1.807) is 29.5 Å². The van der Waals surface area contributed by atoms with Gasteiger partial charge in [-0.25, -0.2) is 4.98 Å². The van der Waals surface area contributed by atoms with Crippen LogP contribution in [-0.4, -0.2) is 4.98 Å². The number of halogens is 2. The van der Waals surface area contributed by atoms with Crippen molar-refractivity contribution in [1.29, 1.82) is 5.26 Å². The molecule has 114 valence electrons. The van der Waals surface area contributed by atoms with E-state index < -0.39 is 0 Å². The molecule has 0 unspecified atom stereocenters. The first-order chi connectivity index (χ1) is 11.0. The first-order valence-electron chi connectivity index (χ1n) is 6.72. The molecule has 0 aliphatic heterocycles. The fourth-order valence-electron chi connectivity index (χ4n) is 2.29. The second-order valence-corrected chi connectivity index (χ2v) is 7.09. The van der Waals surface area contributed by atoms with Crippen LogP contribution in [0.4, 0.5) is 5.82 Å². The highest BCUT2D eigenvalue weighted by molar-refractivity contribution is 7.15. The normalized spacial score (nSPS) is 10.5. The van der Waals surface area contributed by atoms with E-state index in [0.717, 1.165) is 15.3 Å². The van der Waals surface area contributed by atoms with Gasteiger partial charge in [0.15, 0.2) is 0 Å². The Kier molecular flexibility index (Phi) is 4.27. The van der Waals surface area contributed by atoms with Crippen LogP contribution in [0.1, 0.15) is 10.4 Å². The van der Waals surface area contributed by atoms with E-state index in [1.807, 2.05) is 25.1 Å². The van der Waals surface area contributed by atoms with Gasteiger partial charge in [0.25, 0.3) is 0 Å². The van der Waals surface area contributed by atoms with Crippen LogP contribution < -0.4 is 5.73 Å². The number of nitrogens with zero attached hydrogens (tertiary/aromatic N) is 2. The maximum Gasteiger partial charge on any atom is 0.142 e. The van der Waals surface area contributed by atoms with Crippen LogP contribution in [0.15, 0.2) is 36.4 Å². The van der Waals surface area contributed by atoms with Crippen molar-refractivity contribution in [3.05, 3.63) is 56.9 Å². The lowest BCUT2D eigenvalue weighted by Gasteiger charge is -2.10. The molecule has 0 fully saturated rings. The second-order valence-electron chi connectivity index (χ2n) is 4.96. The largest absolute Gasteiger partial charge is 0.383 e. The van der Waals surface area contributed by atoms with Gasteiger partial charge in [-0.1, -0.05) is 23.2 Å². The third kappa shape index (κ3) is 3.04. The molecule has 6 heteroatoms. The van der Waals surface area contributed by atoms with Gasteiger partial charge in [0.2, 0.25) is 0 Å². The number of hydrogen-bond acceptors (Lipinski definition) is 4. The number of nitrogen functional groups attached to an aromatic ring is 1. The van der Waals surface area contributed by atoms with Gasteiger partial charge >= 0.3 is 0 Å². The van der Waals surface area contributed by atoms with E-state index >= 15 is 0 Å².